The fourth-order valence-electron chi connectivity index (χ4n) is 2.29. The predicted molar refractivity (Wildman–Crippen MR) is 88.3 cm³/mol. The molecule has 0 N–H and O–H groups in total. The largest absolute Gasteiger partial charge is 0.465 e. The van der Waals surface area contributed by atoms with Crippen LogP contribution in [0, 0.1) is 5.82 Å². The molecule has 120 valence electrons. The summed E-state index contributed by atoms with van der Waals surface area (Å²) >= 11 is 1.45. The third-order valence-electron chi connectivity index (χ3n) is 3.36. The molecule has 2 aromatic rings. The van der Waals surface area contributed by atoms with Gasteiger partial charge in [0.1, 0.15) is 11.7 Å². The third-order valence-corrected chi connectivity index (χ3v) is 4.17. The molecule has 0 saturated carbocycles. The predicted octanol–water partition coefficient (Wildman–Crippen LogP) is 4.08. The number of esters is 1. The summed E-state index contributed by atoms with van der Waals surface area (Å²) in [6.45, 7) is 1.88. The molecule has 3 nitrogen and oxygen atoms in total. The van der Waals surface area contributed by atoms with Gasteiger partial charge < -0.3 is 4.74 Å². The van der Waals surface area contributed by atoms with Crippen molar-refractivity contribution in [2.75, 3.05) is 12.9 Å². The van der Waals surface area contributed by atoms with Crippen LogP contribution in [0.2, 0.25) is 0 Å². The number of thioether (sulfide) groups is 1. The van der Waals surface area contributed by atoms with Gasteiger partial charge in [0.05, 0.1) is 6.61 Å². The van der Waals surface area contributed by atoms with E-state index in [1.54, 1.807) is 19.1 Å². The summed E-state index contributed by atoms with van der Waals surface area (Å²) in [6, 6.07) is 12.4. The number of carbonyl (C=O) groups is 2. The Kier molecular flexibility index (Phi) is 5.93. The van der Waals surface area contributed by atoms with Gasteiger partial charge in [0.2, 0.25) is 0 Å². The lowest BCUT2D eigenvalue weighted by atomic mass is 9.90. The van der Waals surface area contributed by atoms with E-state index in [2.05, 4.69) is 0 Å². The fourth-order valence-corrected chi connectivity index (χ4v) is 2.92. The van der Waals surface area contributed by atoms with Gasteiger partial charge in [0, 0.05) is 10.5 Å². The molecule has 0 aliphatic rings. The number of hydrogen-bond donors (Lipinski definition) is 0. The maximum absolute atomic E-state index is 13.1. The summed E-state index contributed by atoms with van der Waals surface area (Å²) in [5, 5.41) is 0. The minimum atomic E-state index is -1.05. The number of ketones is 1. The van der Waals surface area contributed by atoms with Gasteiger partial charge in [-0.25, -0.2) is 4.39 Å². The van der Waals surface area contributed by atoms with Crippen molar-refractivity contribution in [3.8, 4) is 0 Å². The molecule has 0 radical (unpaired) electrons. The highest BCUT2D eigenvalue weighted by Crippen LogP contribution is 2.30. The molecule has 0 spiro atoms. The van der Waals surface area contributed by atoms with E-state index in [1.807, 2.05) is 18.4 Å². The molecule has 0 saturated heterocycles. The van der Waals surface area contributed by atoms with Gasteiger partial charge in [-0.05, 0) is 49.1 Å². The lowest BCUT2D eigenvalue weighted by Crippen LogP contribution is -2.25. The van der Waals surface area contributed by atoms with Crippen LogP contribution in [0.5, 0.6) is 0 Å². The first-order chi connectivity index (χ1) is 11.1. The van der Waals surface area contributed by atoms with Crippen LogP contribution in [0.15, 0.2) is 53.4 Å². The van der Waals surface area contributed by atoms with Crippen molar-refractivity contribution in [2.45, 2.75) is 17.7 Å². The first-order valence-corrected chi connectivity index (χ1v) is 8.40. The van der Waals surface area contributed by atoms with Crippen LogP contribution in [0.1, 0.15) is 28.8 Å². The average molecular weight is 332 g/mol. The van der Waals surface area contributed by atoms with Crippen LogP contribution in [-0.4, -0.2) is 24.6 Å². The molecule has 1 unspecified atom stereocenters. The second kappa shape index (κ2) is 7.92. The van der Waals surface area contributed by atoms with Crippen LogP contribution in [0.25, 0.3) is 0 Å². The number of halogens is 1. The van der Waals surface area contributed by atoms with E-state index in [0.29, 0.717) is 5.56 Å². The van der Waals surface area contributed by atoms with Gasteiger partial charge in [0.25, 0.3) is 0 Å². The van der Waals surface area contributed by atoms with Crippen molar-refractivity contribution in [2.24, 2.45) is 0 Å². The molecule has 2 aromatic carbocycles. The molecule has 1 atom stereocenters. The maximum atomic E-state index is 13.1. The summed E-state index contributed by atoms with van der Waals surface area (Å²) in [6.07, 6.45) is 1.88. The van der Waals surface area contributed by atoms with Crippen molar-refractivity contribution in [1.29, 1.82) is 0 Å². The zero-order valence-corrected chi connectivity index (χ0v) is 13.7. The van der Waals surface area contributed by atoms with Gasteiger partial charge in [-0.2, -0.15) is 0 Å². The molecular weight excluding hydrogens is 315 g/mol. The standard InChI is InChI=1S/C18H17FO3S/c1-3-22-18(21)16(14-6-4-5-7-15(14)23-2)17(20)12-8-10-13(19)11-9-12/h4-11,16H,3H2,1-2H3. The Labute approximate surface area is 138 Å². The van der Waals surface area contributed by atoms with Crippen molar-refractivity contribution in [3.63, 3.8) is 0 Å². The monoisotopic (exact) mass is 332 g/mol. The Morgan fingerprint density at radius 2 is 1.78 bits per heavy atom. The van der Waals surface area contributed by atoms with Crippen molar-refractivity contribution in [3.05, 3.63) is 65.5 Å². The molecule has 23 heavy (non-hydrogen) atoms. The zero-order valence-electron chi connectivity index (χ0n) is 12.9. The molecular formula is C18H17FO3S. The summed E-state index contributed by atoms with van der Waals surface area (Å²) in [5.41, 5.74) is 0.883. The topological polar surface area (TPSA) is 43.4 Å². The van der Waals surface area contributed by atoms with E-state index in [1.165, 1.54) is 36.0 Å². The summed E-state index contributed by atoms with van der Waals surface area (Å²) in [4.78, 5) is 26.0. The average Bonchev–Trinajstić information content (AvgIpc) is 2.56. The van der Waals surface area contributed by atoms with Crippen LogP contribution < -0.4 is 0 Å². The number of rotatable bonds is 6. The van der Waals surface area contributed by atoms with E-state index in [4.69, 9.17) is 4.74 Å². The molecule has 0 aliphatic carbocycles. The highest BCUT2D eigenvalue weighted by atomic mass is 32.2. The summed E-state index contributed by atoms with van der Waals surface area (Å²) in [7, 11) is 0. The quantitative estimate of drug-likeness (QED) is 0.346. The summed E-state index contributed by atoms with van der Waals surface area (Å²) < 4.78 is 18.1. The first-order valence-electron chi connectivity index (χ1n) is 7.17. The molecule has 0 heterocycles. The van der Waals surface area contributed by atoms with Crippen LogP contribution in [0.3, 0.4) is 0 Å². The second-order valence-corrected chi connectivity index (χ2v) is 5.65. The number of hydrogen-bond acceptors (Lipinski definition) is 4. The molecule has 0 bridgehead atoms. The molecule has 5 heteroatoms. The fraction of sp³-hybridized carbons (Fsp3) is 0.222. The smallest absolute Gasteiger partial charge is 0.321 e. The van der Waals surface area contributed by atoms with E-state index in [-0.39, 0.29) is 12.2 Å². The molecule has 0 amide bonds. The SMILES string of the molecule is CCOC(=O)C(C(=O)c1ccc(F)cc1)c1ccccc1SC. The van der Waals surface area contributed by atoms with Gasteiger partial charge in [-0.3, -0.25) is 9.59 Å². The van der Waals surface area contributed by atoms with Gasteiger partial charge in [-0.1, -0.05) is 18.2 Å². The first kappa shape index (κ1) is 17.2. The Bertz CT molecular complexity index is 698. The van der Waals surface area contributed by atoms with E-state index < -0.39 is 23.5 Å². The Morgan fingerprint density at radius 3 is 2.39 bits per heavy atom. The van der Waals surface area contributed by atoms with Gasteiger partial charge in [-0.15, -0.1) is 11.8 Å². The third kappa shape index (κ3) is 3.99. The van der Waals surface area contributed by atoms with Gasteiger partial charge in [0.15, 0.2) is 5.78 Å². The van der Waals surface area contributed by atoms with Crippen molar-refractivity contribution < 1.29 is 18.7 Å². The maximum Gasteiger partial charge on any atom is 0.321 e. The van der Waals surface area contributed by atoms with Gasteiger partial charge >= 0.3 is 5.97 Å². The second-order valence-electron chi connectivity index (χ2n) is 4.80. The Balaban J connectivity index is 2.47. The number of carbonyl (C=O) groups excluding carboxylic acids is 2. The molecule has 0 aliphatic heterocycles. The van der Waals surface area contributed by atoms with Crippen molar-refractivity contribution in [1.82, 2.24) is 0 Å². The van der Waals surface area contributed by atoms with E-state index in [0.717, 1.165) is 4.90 Å². The van der Waals surface area contributed by atoms with Crippen LogP contribution >= 0.6 is 11.8 Å². The normalized spacial score (nSPS) is 11.8. The van der Waals surface area contributed by atoms with E-state index >= 15 is 0 Å². The molecule has 0 aromatic heterocycles. The number of ether oxygens (including phenoxy) is 1. The van der Waals surface area contributed by atoms with Crippen LogP contribution in [0.4, 0.5) is 4.39 Å². The lowest BCUT2D eigenvalue weighted by Gasteiger charge is -2.17. The summed E-state index contributed by atoms with van der Waals surface area (Å²) in [5.74, 6) is -2.48. The minimum absolute atomic E-state index is 0.188. The Morgan fingerprint density at radius 1 is 1.13 bits per heavy atom. The zero-order chi connectivity index (χ0) is 16.8. The molecule has 2 rings (SSSR count). The lowest BCUT2D eigenvalue weighted by molar-refractivity contribution is -0.143. The Hall–Kier alpha value is -2.14. The van der Waals surface area contributed by atoms with Crippen molar-refractivity contribution >= 4 is 23.5 Å². The molecule has 0 fully saturated rings. The minimum Gasteiger partial charge on any atom is -0.465 e. The number of benzene rings is 2. The highest BCUT2D eigenvalue weighted by Gasteiger charge is 2.32. The van der Waals surface area contributed by atoms with E-state index in [9.17, 15) is 14.0 Å². The highest BCUT2D eigenvalue weighted by molar-refractivity contribution is 7.98. The number of Topliss-reactive ketones (excluding diaryl/α,β-unsaturated/α-hetero) is 1. The van der Waals surface area contributed by atoms with Crippen LogP contribution in [-0.2, 0) is 9.53 Å².